The fraction of sp³-hybridized carbons (Fsp3) is 0.0645. The molecule has 1 saturated carbocycles. The minimum Gasteiger partial charge on any atom is -0.203 e. The number of nitrogens with zero attached hydrogens (tertiary/aromatic N) is 5. The number of hydrogen-bond acceptors (Lipinski definition) is 5. The van der Waals surface area contributed by atoms with E-state index >= 15 is 17.6 Å². The Hall–Kier alpha value is -6.65. The zero-order valence-electron chi connectivity index (χ0n) is 23.3. The topological polar surface area (TPSA) is 119 Å². The van der Waals surface area contributed by atoms with Gasteiger partial charge in [-0.15, -0.1) is 0 Å². The van der Waals surface area contributed by atoms with E-state index in [1.165, 1.54) is 12.1 Å². The molecule has 0 bridgehead atoms. The molecule has 0 aromatic heterocycles. The van der Waals surface area contributed by atoms with Crippen LogP contribution in [-0.2, 0) is 12.4 Å². The molecule has 0 atom stereocenters. The van der Waals surface area contributed by atoms with Crippen LogP contribution in [0.25, 0.3) is 16.7 Å². The van der Waals surface area contributed by atoms with Crippen molar-refractivity contribution < 1.29 is 61.5 Å². The minimum atomic E-state index is -6.08. The predicted molar refractivity (Wildman–Crippen MR) is 136 cm³/mol. The van der Waals surface area contributed by atoms with E-state index in [-0.39, 0.29) is 5.56 Å². The Morgan fingerprint density at radius 1 is 0.460 bits per heavy atom. The lowest BCUT2D eigenvalue weighted by Gasteiger charge is -2.14. The summed E-state index contributed by atoms with van der Waals surface area (Å²) in [7, 11) is 0. The van der Waals surface area contributed by atoms with Gasteiger partial charge in [0.25, 0.3) is 0 Å². The summed E-state index contributed by atoms with van der Waals surface area (Å²) in [6, 6.07) is 8.90. The van der Waals surface area contributed by atoms with E-state index in [0.717, 1.165) is 30.3 Å². The molecule has 250 valence electrons. The van der Waals surface area contributed by atoms with Crippen molar-refractivity contribution in [2.45, 2.75) is 12.4 Å². The molecule has 3 aromatic rings. The van der Waals surface area contributed by atoms with Gasteiger partial charge in [0.2, 0.25) is 0 Å². The largest absolute Gasteiger partial charge is 0.422 e. The second kappa shape index (κ2) is 12.4. The molecule has 4 rings (SSSR count). The highest BCUT2D eigenvalue weighted by Crippen LogP contribution is 2.57. The Morgan fingerprint density at radius 2 is 0.800 bits per heavy atom. The minimum absolute atomic E-state index is 0.245. The molecule has 0 heterocycles. The highest BCUT2D eigenvalue weighted by atomic mass is 19.4. The fourth-order valence-electron chi connectivity index (χ4n) is 4.79. The molecule has 19 heteroatoms. The van der Waals surface area contributed by atoms with Crippen molar-refractivity contribution in [1.82, 2.24) is 0 Å². The van der Waals surface area contributed by atoms with Gasteiger partial charge in [-0.25, -0.2) is 35.1 Å². The first-order valence-electron chi connectivity index (χ1n) is 12.5. The number of alkyl halides is 6. The van der Waals surface area contributed by atoms with E-state index < -0.39 is 126 Å². The van der Waals surface area contributed by atoms with Crippen molar-refractivity contribution in [1.29, 1.82) is 26.3 Å². The Balaban J connectivity index is 2.32. The molecule has 0 unspecified atom stereocenters. The molecule has 50 heavy (non-hydrogen) atoms. The first kappa shape index (κ1) is 36.2. The summed E-state index contributed by atoms with van der Waals surface area (Å²) in [4.78, 5) is 0. The molecule has 0 N–H and O–H groups in total. The van der Waals surface area contributed by atoms with Crippen molar-refractivity contribution >= 4 is 16.7 Å². The van der Waals surface area contributed by atoms with E-state index in [1.54, 1.807) is 6.07 Å². The van der Waals surface area contributed by atoms with Crippen molar-refractivity contribution in [3.05, 3.63) is 120 Å². The molecule has 0 radical (unpaired) electrons. The SMILES string of the molecule is N#CC(=C1C(=C(/C#N)c2c(F)c(F)c(C(F)(F)F)c(F)c2F)/C1=C(/C#N)c1c(F)c(F)c(C(F)(F)F)c(F)c1F)c1ccc(C#N)cc1C#N. The zero-order valence-corrected chi connectivity index (χ0v) is 23.3. The van der Waals surface area contributed by atoms with Crippen molar-refractivity contribution in [2.75, 3.05) is 0 Å². The van der Waals surface area contributed by atoms with Gasteiger partial charge >= 0.3 is 12.4 Å². The van der Waals surface area contributed by atoms with Gasteiger partial charge in [-0.05, 0) is 12.1 Å². The van der Waals surface area contributed by atoms with Crippen LogP contribution in [0.4, 0.5) is 61.5 Å². The highest BCUT2D eigenvalue weighted by molar-refractivity contribution is 6.12. The Labute approximate surface area is 267 Å². The van der Waals surface area contributed by atoms with Gasteiger partial charge in [-0.1, -0.05) is 6.07 Å². The summed E-state index contributed by atoms with van der Waals surface area (Å²) in [5.41, 5.74) is -20.7. The maximum atomic E-state index is 15.1. The molecule has 0 spiro atoms. The molecular formula is C31H3F14N5. The summed E-state index contributed by atoms with van der Waals surface area (Å²) in [5, 5.41) is 48.3. The van der Waals surface area contributed by atoms with E-state index in [2.05, 4.69) is 0 Å². The van der Waals surface area contributed by atoms with Crippen LogP contribution in [0.5, 0.6) is 0 Å². The third-order valence-electron chi connectivity index (χ3n) is 6.91. The first-order valence-corrected chi connectivity index (χ1v) is 12.5. The lowest BCUT2D eigenvalue weighted by atomic mass is 9.97. The maximum absolute atomic E-state index is 15.1. The molecule has 1 aliphatic rings. The number of halogens is 14. The van der Waals surface area contributed by atoms with Gasteiger partial charge in [0.05, 0.1) is 51.1 Å². The van der Waals surface area contributed by atoms with Crippen LogP contribution in [0.2, 0.25) is 0 Å². The molecule has 0 aliphatic heterocycles. The second-order valence-electron chi connectivity index (χ2n) is 9.58. The molecule has 5 nitrogen and oxygen atoms in total. The Morgan fingerprint density at radius 3 is 1.08 bits per heavy atom. The third-order valence-corrected chi connectivity index (χ3v) is 6.91. The number of nitriles is 5. The third kappa shape index (κ3) is 5.53. The van der Waals surface area contributed by atoms with Crippen LogP contribution in [0.3, 0.4) is 0 Å². The number of rotatable bonds is 3. The van der Waals surface area contributed by atoms with Crippen LogP contribution < -0.4 is 0 Å². The van der Waals surface area contributed by atoms with Gasteiger partial charge in [-0.2, -0.15) is 52.7 Å². The zero-order chi connectivity index (χ0) is 37.8. The van der Waals surface area contributed by atoms with Crippen LogP contribution in [0.1, 0.15) is 38.9 Å². The van der Waals surface area contributed by atoms with Gasteiger partial charge < -0.3 is 0 Å². The first-order chi connectivity index (χ1) is 23.2. The monoisotopic (exact) mass is 711 g/mol. The summed E-state index contributed by atoms with van der Waals surface area (Å²) in [5.74, 6) is -24.2. The molecular weight excluding hydrogens is 708 g/mol. The van der Waals surface area contributed by atoms with E-state index in [9.17, 15) is 65.0 Å². The smallest absolute Gasteiger partial charge is 0.203 e. The van der Waals surface area contributed by atoms with E-state index in [1.807, 2.05) is 0 Å². The number of allylic oxidation sites excluding steroid dienone is 6. The van der Waals surface area contributed by atoms with Gasteiger partial charge in [0, 0.05) is 22.3 Å². The summed E-state index contributed by atoms with van der Waals surface area (Å²) in [6.07, 6.45) is -12.2. The second-order valence-corrected chi connectivity index (χ2v) is 9.58. The highest BCUT2D eigenvalue weighted by Gasteiger charge is 2.48. The Bertz CT molecular complexity index is 2200. The standard InChI is InChI=1S/C31H3F14N5/c32-22-18(23(33)27(37)20(26(22)36)30(40,41)42)13(7-49)16-15(12(6-48)11-2-1-9(4-46)3-10(11)5-47)17(16)14(8-50)19-24(34)28(38)21(31(43,44)45)29(39)25(19)35/h1-3H/b15-12?,16-13-,17-14+. The summed E-state index contributed by atoms with van der Waals surface area (Å²) < 4.78 is 198. The molecule has 0 amide bonds. The number of hydrogen-bond donors (Lipinski definition) is 0. The van der Waals surface area contributed by atoms with Crippen LogP contribution in [-0.4, -0.2) is 0 Å². The average molecular weight is 711 g/mol. The van der Waals surface area contributed by atoms with Crippen LogP contribution in [0.15, 0.2) is 34.9 Å². The van der Waals surface area contributed by atoms with Crippen molar-refractivity contribution in [3.8, 4) is 30.3 Å². The lowest BCUT2D eigenvalue weighted by Crippen LogP contribution is -2.17. The fourth-order valence-corrected chi connectivity index (χ4v) is 4.79. The summed E-state index contributed by atoms with van der Waals surface area (Å²) in [6.45, 7) is 0. The van der Waals surface area contributed by atoms with E-state index in [4.69, 9.17) is 5.26 Å². The Kier molecular flexibility index (Phi) is 8.99. The van der Waals surface area contributed by atoms with Crippen LogP contribution >= 0.6 is 0 Å². The molecule has 0 saturated heterocycles. The average Bonchev–Trinajstić information content (AvgIpc) is 3.76. The van der Waals surface area contributed by atoms with Gasteiger partial charge in [0.15, 0.2) is 46.5 Å². The van der Waals surface area contributed by atoms with Crippen molar-refractivity contribution in [3.63, 3.8) is 0 Å². The van der Waals surface area contributed by atoms with Crippen LogP contribution in [0, 0.1) is 103 Å². The quantitative estimate of drug-likeness (QED) is 0.153. The van der Waals surface area contributed by atoms with Crippen molar-refractivity contribution in [2.24, 2.45) is 0 Å². The van der Waals surface area contributed by atoms with Gasteiger partial charge in [0.1, 0.15) is 29.3 Å². The summed E-state index contributed by atoms with van der Waals surface area (Å²) >= 11 is 0. The van der Waals surface area contributed by atoms with Gasteiger partial charge in [-0.3, -0.25) is 0 Å². The number of benzene rings is 3. The molecule has 1 fully saturated rings. The predicted octanol–water partition coefficient (Wildman–Crippen LogP) is 8.83. The molecule has 3 aromatic carbocycles. The molecule has 1 aliphatic carbocycles. The van der Waals surface area contributed by atoms with E-state index in [0.29, 0.717) is 0 Å². The lowest BCUT2D eigenvalue weighted by molar-refractivity contribution is -0.144. The normalized spacial score (nSPS) is 15.6. The maximum Gasteiger partial charge on any atom is 0.422 e.